The number of rotatable bonds is 13. The highest BCUT2D eigenvalue weighted by Gasteiger charge is 1.93. The summed E-state index contributed by atoms with van der Waals surface area (Å²) >= 11 is 0. The summed E-state index contributed by atoms with van der Waals surface area (Å²) in [4.78, 5) is 10.8. The summed E-state index contributed by atoms with van der Waals surface area (Å²) in [6.45, 7) is 3.84. The molecular weight excluding hydrogens is 244 g/mol. The monoisotopic (exact) mass is 276 g/mol. The average molecular weight is 276 g/mol. The predicted molar refractivity (Wildman–Crippen MR) is 89.9 cm³/mol. The smallest absolute Gasteiger partial charge is 0.129 e. The number of hydrogen-bond acceptors (Lipinski definition) is 1. The van der Waals surface area contributed by atoms with E-state index in [-0.39, 0.29) is 0 Å². The zero-order valence-corrected chi connectivity index (χ0v) is 13.4. The first-order valence-corrected chi connectivity index (χ1v) is 8.21. The molecule has 0 rings (SSSR count). The van der Waals surface area contributed by atoms with Crippen molar-refractivity contribution in [3.63, 3.8) is 0 Å². The van der Waals surface area contributed by atoms with Gasteiger partial charge in [-0.3, -0.25) is 0 Å². The lowest BCUT2D eigenvalue weighted by Gasteiger charge is -1.98. The Bertz CT molecular complexity index is 297. The Hall–Kier alpha value is -1.11. The first-order valence-electron chi connectivity index (χ1n) is 8.21. The van der Waals surface area contributed by atoms with Crippen molar-refractivity contribution < 1.29 is 4.79 Å². The van der Waals surface area contributed by atoms with Gasteiger partial charge in [0.1, 0.15) is 5.78 Å². The van der Waals surface area contributed by atoms with Crippen LogP contribution in [-0.4, -0.2) is 5.78 Å². The summed E-state index contributed by atoms with van der Waals surface area (Å²) in [6.07, 6.45) is 24.7. The van der Waals surface area contributed by atoms with Crippen LogP contribution in [0.4, 0.5) is 0 Å². The average Bonchev–Trinajstić information content (AvgIpc) is 2.43. The van der Waals surface area contributed by atoms with Crippen LogP contribution in [0.15, 0.2) is 36.5 Å². The molecule has 0 aromatic heterocycles. The SMILES string of the molecule is CCC=CCC=CCC=CCCCCCCCC(C)=O. The number of carbonyl (C=O) groups is 1. The quantitative estimate of drug-likeness (QED) is 0.290. The van der Waals surface area contributed by atoms with E-state index in [2.05, 4.69) is 43.4 Å². The van der Waals surface area contributed by atoms with Gasteiger partial charge in [0.05, 0.1) is 0 Å². The summed E-state index contributed by atoms with van der Waals surface area (Å²) in [7, 11) is 0. The molecule has 20 heavy (non-hydrogen) atoms. The normalized spacial score (nSPS) is 12.1. The van der Waals surface area contributed by atoms with E-state index in [1.807, 2.05) is 0 Å². The fraction of sp³-hybridized carbons (Fsp3) is 0.632. The minimum Gasteiger partial charge on any atom is -0.300 e. The van der Waals surface area contributed by atoms with Crippen LogP contribution < -0.4 is 0 Å². The highest BCUT2D eigenvalue weighted by molar-refractivity contribution is 5.75. The molecule has 0 aliphatic rings. The van der Waals surface area contributed by atoms with Gasteiger partial charge in [0.15, 0.2) is 0 Å². The number of hydrogen-bond donors (Lipinski definition) is 0. The van der Waals surface area contributed by atoms with Crippen LogP contribution in [-0.2, 0) is 4.79 Å². The van der Waals surface area contributed by atoms with Crippen LogP contribution >= 0.6 is 0 Å². The Morgan fingerprint density at radius 2 is 1.30 bits per heavy atom. The van der Waals surface area contributed by atoms with Crippen LogP contribution in [0.2, 0.25) is 0 Å². The van der Waals surface area contributed by atoms with Gasteiger partial charge in [0.2, 0.25) is 0 Å². The molecule has 0 aromatic carbocycles. The number of ketones is 1. The maximum atomic E-state index is 10.8. The molecule has 0 saturated carbocycles. The molecule has 0 aliphatic carbocycles. The summed E-state index contributed by atoms with van der Waals surface area (Å²) < 4.78 is 0. The lowest BCUT2D eigenvalue weighted by atomic mass is 10.1. The van der Waals surface area contributed by atoms with Gasteiger partial charge in [-0.1, -0.05) is 62.6 Å². The number of unbranched alkanes of at least 4 members (excludes halogenated alkanes) is 5. The number of allylic oxidation sites excluding steroid dienone is 6. The Kier molecular flexibility index (Phi) is 15.1. The molecule has 0 amide bonds. The van der Waals surface area contributed by atoms with E-state index in [9.17, 15) is 4.79 Å². The lowest BCUT2D eigenvalue weighted by Crippen LogP contribution is -1.89. The Morgan fingerprint density at radius 1 is 0.750 bits per heavy atom. The van der Waals surface area contributed by atoms with Crippen molar-refractivity contribution in [1.82, 2.24) is 0 Å². The fourth-order valence-corrected chi connectivity index (χ4v) is 1.99. The minimum absolute atomic E-state index is 0.325. The second-order valence-corrected chi connectivity index (χ2v) is 5.30. The first-order chi connectivity index (χ1) is 9.77. The van der Waals surface area contributed by atoms with Crippen molar-refractivity contribution >= 4 is 5.78 Å². The predicted octanol–water partition coefficient (Wildman–Crippen LogP) is 6.16. The highest BCUT2D eigenvalue weighted by Crippen LogP contribution is 2.08. The molecule has 0 heterocycles. The Morgan fingerprint density at radius 3 is 1.95 bits per heavy atom. The van der Waals surface area contributed by atoms with Crippen molar-refractivity contribution in [2.24, 2.45) is 0 Å². The van der Waals surface area contributed by atoms with Crippen molar-refractivity contribution in [2.45, 2.75) is 78.1 Å². The molecule has 0 aliphatic heterocycles. The molecule has 1 nitrogen and oxygen atoms in total. The molecule has 0 aromatic rings. The lowest BCUT2D eigenvalue weighted by molar-refractivity contribution is -0.117. The van der Waals surface area contributed by atoms with E-state index >= 15 is 0 Å². The van der Waals surface area contributed by atoms with E-state index in [0.29, 0.717) is 5.78 Å². The van der Waals surface area contributed by atoms with Crippen molar-refractivity contribution in [3.05, 3.63) is 36.5 Å². The van der Waals surface area contributed by atoms with E-state index < -0.39 is 0 Å². The zero-order chi connectivity index (χ0) is 14.9. The third-order valence-corrected chi connectivity index (χ3v) is 3.18. The van der Waals surface area contributed by atoms with E-state index in [1.54, 1.807) is 6.92 Å². The highest BCUT2D eigenvalue weighted by atomic mass is 16.1. The second kappa shape index (κ2) is 15.9. The van der Waals surface area contributed by atoms with Gasteiger partial charge in [0, 0.05) is 6.42 Å². The third kappa shape index (κ3) is 16.9. The molecule has 0 spiro atoms. The summed E-state index contributed by atoms with van der Waals surface area (Å²) in [6, 6.07) is 0. The van der Waals surface area contributed by atoms with Gasteiger partial charge in [-0.2, -0.15) is 0 Å². The minimum atomic E-state index is 0.325. The molecular formula is C19H32O. The molecule has 0 saturated heterocycles. The maximum absolute atomic E-state index is 10.8. The fourth-order valence-electron chi connectivity index (χ4n) is 1.99. The molecule has 0 N–H and O–H groups in total. The first kappa shape index (κ1) is 18.9. The van der Waals surface area contributed by atoms with Gasteiger partial charge < -0.3 is 4.79 Å². The van der Waals surface area contributed by atoms with E-state index in [0.717, 1.165) is 32.1 Å². The largest absolute Gasteiger partial charge is 0.300 e. The molecule has 0 unspecified atom stereocenters. The van der Waals surface area contributed by atoms with Gasteiger partial charge in [-0.05, 0) is 45.4 Å². The van der Waals surface area contributed by atoms with Gasteiger partial charge in [-0.15, -0.1) is 0 Å². The third-order valence-electron chi connectivity index (χ3n) is 3.18. The molecule has 114 valence electrons. The molecule has 0 fully saturated rings. The Balaban J connectivity index is 3.23. The van der Waals surface area contributed by atoms with Crippen molar-refractivity contribution in [1.29, 1.82) is 0 Å². The van der Waals surface area contributed by atoms with Crippen molar-refractivity contribution in [2.75, 3.05) is 0 Å². The van der Waals surface area contributed by atoms with Crippen LogP contribution in [0, 0.1) is 0 Å². The maximum Gasteiger partial charge on any atom is 0.129 e. The van der Waals surface area contributed by atoms with Crippen molar-refractivity contribution in [3.8, 4) is 0 Å². The van der Waals surface area contributed by atoms with Crippen LogP contribution in [0.3, 0.4) is 0 Å². The van der Waals surface area contributed by atoms with Crippen LogP contribution in [0.1, 0.15) is 78.1 Å². The second-order valence-electron chi connectivity index (χ2n) is 5.30. The summed E-state index contributed by atoms with van der Waals surface area (Å²) in [5.74, 6) is 0.325. The number of Topliss-reactive ketones (excluding diaryl/α,β-unsaturated/α-hetero) is 1. The molecule has 1 heteroatoms. The zero-order valence-electron chi connectivity index (χ0n) is 13.4. The topological polar surface area (TPSA) is 17.1 Å². The van der Waals surface area contributed by atoms with Crippen LogP contribution in [0.25, 0.3) is 0 Å². The number of carbonyl (C=O) groups excluding carboxylic acids is 1. The van der Waals surface area contributed by atoms with E-state index in [1.165, 1.54) is 32.1 Å². The summed E-state index contributed by atoms with van der Waals surface area (Å²) in [5.41, 5.74) is 0. The van der Waals surface area contributed by atoms with Gasteiger partial charge in [0.25, 0.3) is 0 Å². The summed E-state index contributed by atoms with van der Waals surface area (Å²) in [5, 5.41) is 0. The molecule has 0 radical (unpaired) electrons. The Labute approximate surface area is 125 Å². The van der Waals surface area contributed by atoms with Gasteiger partial charge in [-0.25, -0.2) is 0 Å². The van der Waals surface area contributed by atoms with E-state index in [4.69, 9.17) is 0 Å². The molecule has 0 bridgehead atoms. The van der Waals surface area contributed by atoms with Crippen LogP contribution in [0.5, 0.6) is 0 Å². The standard InChI is InChI=1S/C19H32O/c1-3-4-5-6-7-8-9-10-11-12-13-14-15-16-17-18-19(2)20/h4-5,7-8,10-11H,3,6,9,12-18H2,1-2H3. The molecule has 0 atom stereocenters. The van der Waals surface area contributed by atoms with Gasteiger partial charge >= 0.3 is 0 Å².